The average Bonchev–Trinajstić information content (AvgIpc) is 3.34. The molecule has 0 aliphatic heterocycles. The van der Waals surface area contributed by atoms with Crippen molar-refractivity contribution in [3.8, 4) is 33.7 Å². The van der Waals surface area contributed by atoms with Crippen LogP contribution in [0.15, 0.2) is 40.2 Å². The number of nitrogens with zero attached hydrogens (tertiary/aromatic N) is 5. The summed E-state index contributed by atoms with van der Waals surface area (Å²) in [7, 11) is 1.55. The third kappa shape index (κ3) is 2.73. The Morgan fingerprint density at radius 1 is 1.32 bits per heavy atom. The minimum Gasteiger partial charge on any atom is -0.495 e. The summed E-state index contributed by atoms with van der Waals surface area (Å²) in [5.74, 6) is 1.50. The molecule has 8 nitrogen and oxygen atoms in total. The summed E-state index contributed by atoms with van der Waals surface area (Å²) in [6, 6.07) is 8.98. The van der Waals surface area contributed by atoms with Gasteiger partial charge in [0.15, 0.2) is 11.5 Å². The lowest BCUT2D eigenvalue weighted by atomic mass is 10.3. The molecule has 10 heteroatoms. The fourth-order valence-corrected chi connectivity index (χ4v) is 3.15. The summed E-state index contributed by atoms with van der Waals surface area (Å²) < 4.78 is 11.8. The molecule has 0 aliphatic carbocycles. The molecule has 25 heavy (non-hydrogen) atoms. The highest BCUT2D eigenvalue weighted by molar-refractivity contribution is 7.13. The molecule has 0 saturated heterocycles. The van der Waals surface area contributed by atoms with Crippen LogP contribution in [-0.4, -0.2) is 32.2 Å². The maximum atomic E-state index is 6.15. The van der Waals surface area contributed by atoms with Crippen molar-refractivity contribution in [1.29, 1.82) is 0 Å². The number of ether oxygens (including phenoxy) is 1. The molecule has 0 bridgehead atoms. The first-order chi connectivity index (χ1) is 12.2. The van der Waals surface area contributed by atoms with Crippen LogP contribution < -0.4 is 10.5 Å². The zero-order valence-corrected chi connectivity index (χ0v) is 14.5. The van der Waals surface area contributed by atoms with Crippen molar-refractivity contribution in [3.63, 3.8) is 0 Å². The van der Waals surface area contributed by atoms with E-state index in [9.17, 15) is 0 Å². The molecule has 1 aromatic carbocycles. The molecule has 126 valence electrons. The van der Waals surface area contributed by atoms with Crippen molar-refractivity contribution in [2.24, 2.45) is 0 Å². The molecule has 0 radical (unpaired) electrons. The molecule has 4 aromatic rings. The normalized spacial score (nSPS) is 11.0. The van der Waals surface area contributed by atoms with E-state index < -0.39 is 0 Å². The SMILES string of the molecule is COc1ccc(-n2nnc(-c3nc(-c4cccs4)no3)c2N)cc1Cl. The standard InChI is InChI=1S/C15H11ClN6O2S/c1-23-10-5-4-8(7-9(10)16)22-13(17)12(19-21-22)15-18-14(20-24-15)11-3-2-6-25-11/h2-7H,17H2,1H3. The fourth-order valence-electron chi connectivity index (χ4n) is 2.24. The number of benzene rings is 1. The molecule has 0 unspecified atom stereocenters. The van der Waals surface area contributed by atoms with Crippen LogP contribution in [-0.2, 0) is 0 Å². The molecule has 0 amide bonds. The van der Waals surface area contributed by atoms with Crippen molar-refractivity contribution in [3.05, 3.63) is 40.7 Å². The molecule has 4 rings (SSSR count). The highest BCUT2D eigenvalue weighted by atomic mass is 35.5. The Kier molecular flexibility index (Phi) is 3.86. The lowest BCUT2D eigenvalue weighted by Gasteiger charge is -2.06. The first-order valence-electron chi connectivity index (χ1n) is 7.10. The quantitative estimate of drug-likeness (QED) is 0.584. The van der Waals surface area contributed by atoms with Gasteiger partial charge in [0.2, 0.25) is 5.82 Å². The maximum absolute atomic E-state index is 6.15. The summed E-state index contributed by atoms with van der Waals surface area (Å²) in [5, 5.41) is 14.4. The van der Waals surface area contributed by atoms with E-state index in [1.807, 2.05) is 17.5 Å². The molecular weight excluding hydrogens is 364 g/mol. The Morgan fingerprint density at radius 3 is 2.92 bits per heavy atom. The Labute approximate surface area is 150 Å². The third-order valence-electron chi connectivity index (χ3n) is 3.46. The molecule has 3 heterocycles. The third-order valence-corrected chi connectivity index (χ3v) is 4.62. The number of methoxy groups -OCH3 is 1. The van der Waals surface area contributed by atoms with E-state index >= 15 is 0 Å². The first kappa shape index (κ1) is 15.6. The minimum absolute atomic E-state index is 0.201. The van der Waals surface area contributed by atoms with Crippen LogP contribution in [0, 0.1) is 0 Å². The Hall–Kier alpha value is -2.91. The van der Waals surface area contributed by atoms with Gasteiger partial charge in [-0.25, -0.2) is 0 Å². The van der Waals surface area contributed by atoms with E-state index in [1.54, 1.807) is 25.3 Å². The van der Waals surface area contributed by atoms with Gasteiger partial charge in [0.25, 0.3) is 5.89 Å². The van der Waals surface area contributed by atoms with E-state index in [4.69, 9.17) is 26.6 Å². The highest BCUT2D eigenvalue weighted by Crippen LogP contribution is 2.30. The Bertz CT molecular complexity index is 1030. The number of halogens is 1. The lowest BCUT2D eigenvalue weighted by molar-refractivity contribution is 0.415. The summed E-state index contributed by atoms with van der Waals surface area (Å²) in [4.78, 5) is 5.22. The van der Waals surface area contributed by atoms with Gasteiger partial charge in [0, 0.05) is 0 Å². The summed E-state index contributed by atoms with van der Waals surface area (Å²) >= 11 is 7.66. The van der Waals surface area contributed by atoms with E-state index in [0.29, 0.717) is 28.0 Å². The van der Waals surface area contributed by atoms with Gasteiger partial charge in [-0.3, -0.25) is 0 Å². The topological polar surface area (TPSA) is 105 Å². The van der Waals surface area contributed by atoms with Crippen LogP contribution in [0.25, 0.3) is 28.0 Å². The smallest absolute Gasteiger partial charge is 0.282 e. The van der Waals surface area contributed by atoms with Crippen LogP contribution in [0.5, 0.6) is 5.75 Å². The Morgan fingerprint density at radius 2 is 2.20 bits per heavy atom. The van der Waals surface area contributed by atoms with Gasteiger partial charge in [-0.1, -0.05) is 28.0 Å². The second-order valence-electron chi connectivity index (χ2n) is 4.95. The number of hydrogen-bond donors (Lipinski definition) is 1. The molecular formula is C15H11ClN6O2S. The largest absolute Gasteiger partial charge is 0.495 e. The fraction of sp³-hybridized carbons (Fsp3) is 0.0667. The molecule has 3 aromatic heterocycles. The molecule has 0 spiro atoms. The lowest BCUT2D eigenvalue weighted by Crippen LogP contribution is -2.02. The number of thiophene rings is 1. The predicted molar refractivity (Wildman–Crippen MR) is 93.9 cm³/mol. The monoisotopic (exact) mass is 374 g/mol. The van der Waals surface area contributed by atoms with Crippen LogP contribution in [0.1, 0.15) is 0 Å². The molecule has 2 N–H and O–H groups in total. The zero-order chi connectivity index (χ0) is 17.4. The summed E-state index contributed by atoms with van der Waals surface area (Å²) in [6.07, 6.45) is 0. The molecule has 0 aliphatic rings. The van der Waals surface area contributed by atoms with Crippen molar-refractivity contribution in [1.82, 2.24) is 25.1 Å². The van der Waals surface area contributed by atoms with Gasteiger partial charge < -0.3 is 15.0 Å². The van der Waals surface area contributed by atoms with Crippen LogP contribution in [0.4, 0.5) is 5.82 Å². The van der Waals surface area contributed by atoms with Crippen molar-refractivity contribution >= 4 is 28.8 Å². The van der Waals surface area contributed by atoms with Crippen LogP contribution in [0.3, 0.4) is 0 Å². The van der Waals surface area contributed by atoms with E-state index in [1.165, 1.54) is 16.0 Å². The van der Waals surface area contributed by atoms with E-state index in [0.717, 1.165) is 4.88 Å². The number of hydrogen-bond acceptors (Lipinski definition) is 8. The number of anilines is 1. The zero-order valence-electron chi connectivity index (χ0n) is 12.9. The second kappa shape index (κ2) is 6.19. The number of nitrogen functional groups attached to an aromatic ring is 1. The molecule has 0 atom stereocenters. The molecule has 0 fully saturated rings. The second-order valence-corrected chi connectivity index (χ2v) is 6.31. The predicted octanol–water partition coefficient (Wildman–Crippen LogP) is 3.29. The highest BCUT2D eigenvalue weighted by Gasteiger charge is 2.20. The maximum Gasteiger partial charge on any atom is 0.282 e. The van der Waals surface area contributed by atoms with Crippen LogP contribution in [0.2, 0.25) is 5.02 Å². The van der Waals surface area contributed by atoms with Gasteiger partial charge in [0.05, 0.1) is 22.7 Å². The van der Waals surface area contributed by atoms with Gasteiger partial charge >= 0.3 is 0 Å². The van der Waals surface area contributed by atoms with E-state index in [-0.39, 0.29) is 11.7 Å². The van der Waals surface area contributed by atoms with Crippen molar-refractivity contribution in [2.75, 3.05) is 12.8 Å². The Balaban J connectivity index is 1.71. The van der Waals surface area contributed by atoms with Gasteiger partial charge in [-0.2, -0.15) is 9.67 Å². The number of aromatic nitrogens is 5. The number of nitrogens with two attached hydrogens (primary N) is 1. The van der Waals surface area contributed by atoms with Crippen molar-refractivity contribution < 1.29 is 9.26 Å². The number of rotatable bonds is 4. The van der Waals surface area contributed by atoms with Gasteiger partial charge in [0.1, 0.15) is 5.75 Å². The van der Waals surface area contributed by atoms with Crippen LogP contribution >= 0.6 is 22.9 Å². The van der Waals surface area contributed by atoms with Gasteiger partial charge in [-0.15, -0.1) is 16.4 Å². The van der Waals surface area contributed by atoms with Gasteiger partial charge in [-0.05, 0) is 29.6 Å². The minimum atomic E-state index is 0.201. The van der Waals surface area contributed by atoms with Crippen molar-refractivity contribution in [2.45, 2.75) is 0 Å². The summed E-state index contributed by atoms with van der Waals surface area (Å²) in [6.45, 7) is 0. The first-order valence-corrected chi connectivity index (χ1v) is 8.36. The average molecular weight is 375 g/mol. The van der Waals surface area contributed by atoms with E-state index in [2.05, 4.69) is 20.5 Å². The summed E-state index contributed by atoms with van der Waals surface area (Å²) in [5.41, 5.74) is 7.10. The molecule has 0 saturated carbocycles.